The minimum Gasteiger partial charge on any atom is -0.444 e. The Morgan fingerprint density at radius 1 is 1.53 bits per heavy atom. The largest absolute Gasteiger partial charge is 0.444 e. The first kappa shape index (κ1) is 12.0. The maximum Gasteiger partial charge on any atom is 0.407 e. The normalized spacial score (nSPS) is 26.1. The maximum absolute atomic E-state index is 11.3. The van der Waals surface area contributed by atoms with Crippen molar-refractivity contribution in [3.05, 3.63) is 0 Å². The Labute approximate surface area is 89.1 Å². The van der Waals surface area contributed by atoms with Crippen LogP contribution in [0.3, 0.4) is 0 Å². The van der Waals surface area contributed by atoms with Gasteiger partial charge in [-0.2, -0.15) is 0 Å². The fourth-order valence-electron chi connectivity index (χ4n) is 1.33. The molecular formula is C10H17NO4. The summed E-state index contributed by atoms with van der Waals surface area (Å²) >= 11 is 0. The molecule has 0 saturated carbocycles. The Kier molecular flexibility index (Phi) is 3.68. The van der Waals surface area contributed by atoms with Crippen LogP contribution in [-0.2, 0) is 14.3 Å². The van der Waals surface area contributed by atoms with Gasteiger partial charge in [-0.1, -0.05) is 0 Å². The topological polar surface area (TPSA) is 64.6 Å². The monoisotopic (exact) mass is 215 g/mol. The number of carbonyl (C=O) groups is 2. The zero-order valence-corrected chi connectivity index (χ0v) is 9.28. The summed E-state index contributed by atoms with van der Waals surface area (Å²) in [6.07, 6.45) is 0.395. The number of hydrogen-bond donors (Lipinski definition) is 1. The second kappa shape index (κ2) is 4.61. The molecular weight excluding hydrogens is 198 g/mol. The summed E-state index contributed by atoms with van der Waals surface area (Å²) in [5.41, 5.74) is -0.506. The molecule has 1 rings (SSSR count). The summed E-state index contributed by atoms with van der Waals surface area (Å²) in [4.78, 5) is 21.7. The summed E-state index contributed by atoms with van der Waals surface area (Å²) in [7, 11) is 0. The Morgan fingerprint density at radius 2 is 2.20 bits per heavy atom. The Bertz CT molecular complexity index is 246. The zero-order valence-electron chi connectivity index (χ0n) is 9.28. The van der Waals surface area contributed by atoms with Gasteiger partial charge in [-0.15, -0.1) is 0 Å². The van der Waals surface area contributed by atoms with Crippen molar-refractivity contribution >= 4 is 12.4 Å². The second-order valence-corrected chi connectivity index (χ2v) is 4.59. The number of carbonyl (C=O) groups excluding carboxylic acids is 2. The lowest BCUT2D eigenvalue weighted by Gasteiger charge is -2.21. The van der Waals surface area contributed by atoms with Crippen LogP contribution in [0, 0.1) is 0 Å². The van der Waals surface area contributed by atoms with Gasteiger partial charge in [-0.3, -0.25) is 0 Å². The van der Waals surface area contributed by atoms with Crippen molar-refractivity contribution in [2.45, 2.75) is 44.9 Å². The predicted octanol–water partition coefficient (Wildman–Crippen LogP) is 0.867. The van der Waals surface area contributed by atoms with E-state index in [1.807, 2.05) is 0 Å². The number of amides is 1. The molecule has 0 radical (unpaired) electrons. The number of alkyl carbamates (subject to hydrolysis) is 1. The van der Waals surface area contributed by atoms with E-state index < -0.39 is 17.8 Å². The first-order valence-corrected chi connectivity index (χ1v) is 4.97. The Balaban J connectivity index is 2.31. The summed E-state index contributed by atoms with van der Waals surface area (Å²) in [6.45, 7) is 5.76. The highest BCUT2D eigenvalue weighted by Gasteiger charge is 2.27. The van der Waals surface area contributed by atoms with Gasteiger partial charge in [0.15, 0.2) is 0 Å². The van der Waals surface area contributed by atoms with E-state index in [9.17, 15) is 9.59 Å². The molecule has 1 aliphatic heterocycles. The molecule has 0 aliphatic carbocycles. The Hall–Kier alpha value is -1.10. The van der Waals surface area contributed by atoms with Crippen LogP contribution >= 0.6 is 0 Å². The van der Waals surface area contributed by atoms with Crippen molar-refractivity contribution in [3.63, 3.8) is 0 Å². The van der Waals surface area contributed by atoms with E-state index in [1.165, 1.54) is 0 Å². The zero-order chi connectivity index (χ0) is 11.5. The van der Waals surface area contributed by atoms with Gasteiger partial charge in [0.25, 0.3) is 0 Å². The third-order valence-electron chi connectivity index (χ3n) is 1.90. The first-order chi connectivity index (χ1) is 6.90. The van der Waals surface area contributed by atoms with E-state index >= 15 is 0 Å². The average Bonchev–Trinajstić information content (AvgIpc) is 2.48. The van der Waals surface area contributed by atoms with Gasteiger partial charge in [0, 0.05) is 6.42 Å². The predicted molar refractivity (Wildman–Crippen MR) is 53.6 cm³/mol. The number of nitrogens with one attached hydrogen (secondary N) is 1. The van der Waals surface area contributed by atoms with Gasteiger partial charge >= 0.3 is 6.09 Å². The van der Waals surface area contributed by atoms with Crippen molar-refractivity contribution in [1.82, 2.24) is 5.32 Å². The lowest BCUT2D eigenvalue weighted by Crippen LogP contribution is -2.39. The van der Waals surface area contributed by atoms with Crippen LogP contribution in [0.25, 0.3) is 0 Å². The second-order valence-electron chi connectivity index (χ2n) is 4.59. The smallest absolute Gasteiger partial charge is 0.407 e. The number of aldehydes is 1. The van der Waals surface area contributed by atoms with Gasteiger partial charge in [0.1, 0.15) is 18.0 Å². The van der Waals surface area contributed by atoms with Crippen LogP contribution in [0.15, 0.2) is 0 Å². The van der Waals surface area contributed by atoms with Gasteiger partial charge < -0.3 is 19.6 Å². The van der Waals surface area contributed by atoms with Crippen LogP contribution in [0.2, 0.25) is 0 Å². The Morgan fingerprint density at radius 3 is 2.67 bits per heavy atom. The molecule has 0 unspecified atom stereocenters. The number of hydrogen-bond acceptors (Lipinski definition) is 4. The molecule has 0 aromatic rings. The molecule has 5 nitrogen and oxygen atoms in total. The molecule has 0 bridgehead atoms. The number of rotatable bonds is 2. The van der Waals surface area contributed by atoms with Gasteiger partial charge in [0.2, 0.25) is 0 Å². The molecule has 1 amide bonds. The summed E-state index contributed by atoms with van der Waals surface area (Å²) in [6, 6.07) is -0.130. The molecule has 2 atom stereocenters. The number of ether oxygens (including phenoxy) is 2. The van der Waals surface area contributed by atoms with E-state index in [4.69, 9.17) is 9.47 Å². The SMILES string of the molecule is CC(C)(C)OC(=O)N[C@@H]1CO[C@H](C=O)C1. The molecule has 0 aromatic heterocycles. The van der Waals surface area contributed by atoms with Crippen molar-refractivity contribution in [1.29, 1.82) is 0 Å². The molecule has 1 aliphatic rings. The average molecular weight is 215 g/mol. The molecule has 0 spiro atoms. The fraction of sp³-hybridized carbons (Fsp3) is 0.800. The standard InChI is InChI=1S/C10H17NO4/c1-10(2,3)15-9(13)11-7-4-8(5-12)14-6-7/h5,7-8H,4,6H2,1-3H3,(H,11,13)/t7-,8-/m0/s1. The molecule has 1 heterocycles. The molecule has 15 heavy (non-hydrogen) atoms. The lowest BCUT2D eigenvalue weighted by atomic mass is 10.2. The minimum absolute atomic E-state index is 0.130. The molecule has 1 saturated heterocycles. The summed E-state index contributed by atoms with van der Waals surface area (Å²) in [5.74, 6) is 0. The third kappa shape index (κ3) is 4.29. The van der Waals surface area contributed by atoms with E-state index in [-0.39, 0.29) is 6.04 Å². The third-order valence-corrected chi connectivity index (χ3v) is 1.90. The molecule has 0 aromatic carbocycles. The van der Waals surface area contributed by atoms with Crippen molar-refractivity contribution in [2.24, 2.45) is 0 Å². The van der Waals surface area contributed by atoms with Gasteiger partial charge in [-0.25, -0.2) is 4.79 Å². The molecule has 1 N–H and O–H groups in total. The van der Waals surface area contributed by atoms with Crippen LogP contribution < -0.4 is 5.32 Å². The van der Waals surface area contributed by atoms with Crippen molar-refractivity contribution < 1.29 is 19.1 Å². The van der Waals surface area contributed by atoms with Gasteiger partial charge in [0.05, 0.1) is 12.6 Å². The fourth-order valence-corrected chi connectivity index (χ4v) is 1.33. The van der Waals surface area contributed by atoms with Crippen LogP contribution in [-0.4, -0.2) is 36.7 Å². The van der Waals surface area contributed by atoms with Crippen LogP contribution in [0.1, 0.15) is 27.2 Å². The van der Waals surface area contributed by atoms with Crippen LogP contribution in [0.5, 0.6) is 0 Å². The van der Waals surface area contributed by atoms with E-state index in [0.29, 0.717) is 13.0 Å². The van der Waals surface area contributed by atoms with E-state index in [1.54, 1.807) is 20.8 Å². The van der Waals surface area contributed by atoms with Crippen LogP contribution in [0.4, 0.5) is 4.79 Å². The highest BCUT2D eigenvalue weighted by atomic mass is 16.6. The van der Waals surface area contributed by atoms with E-state index in [0.717, 1.165) is 6.29 Å². The van der Waals surface area contributed by atoms with Crippen molar-refractivity contribution in [3.8, 4) is 0 Å². The molecule has 1 fully saturated rings. The highest BCUT2D eigenvalue weighted by molar-refractivity contribution is 5.68. The molecule has 86 valence electrons. The first-order valence-electron chi connectivity index (χ1n) is 4.97. The highest BCUT2D eigenvalue weighted by Crippen LogP contribution is 2.12. The van der Waals surface area contributed by atoms with E-state index in [2.05, 4.69) is 5.32 Å². The summed E-state index contributed by atoms with van der Waals surface area (Å²) < 4.78 is 10.2. The maximum atomic E-state index is 11.3. The van der Waals surface area contributed by atoms with Crippen molar-refractivity contribution in [2.75, 3.05) is 6.61 Å². The summed E-state index contributed by atoms with van der Waals surface area (Å²) in [5, 5.41) is 2.65. The quantitative estimate of drug-likeness (QED) is 0.694. The van der Waals surface area contributed by atoms with Gasteiger partial charge in [-0.05, 0) is 20.8 Å². The minimum atomic E-state index is -0.506. The lowest BCUT2D eigenvalue weighted by molar-refractivity contribution is -0.115. The molecule has 5 heteroatoms.